The summed E-state index contributed by atoms with van der Waals surface area (Å²) < 4.78 is 29.4. The Bertz CT molecular complexity index is 740. The first-order valence-corrected chi connectivity index (χ1v) is 11.2. The van der Waals surface area contributed by atoms with Gasteiger partial charge >= 0.3 is 0 Å². The van der Waals surface area contributed by atoms with Crippen molar-refractivity contribution in [2.45, 2.75) is 78.1 Å². The molecule has 2 heteroatoms. The largest absolute Gasteiger partial charge is 0.203 e. The number of rotatable bonds is 8. The van der Waals surface area contributed by atoms with Gasteiger partial charge < -0.3 is 0 Å². The van der Waals surface area contributed by atoms with E-state index in [1.165, 1.54) is 44.1 Å². The van der Waals surface area contributed by atoms with Crippen molar-refractivity contribution in [1.82, 2.24) is 0 Å². The van der Waals surface area contributed by atoms with E-state index >= 15 is 0 Å². The molecule has 0 atom stereocenters. The van der Waals surface area contributed by atoms with Crippen LogP contribution in [-0.4, -0.2) is 0 Å². The average Bonchev–Trinajstić information content (AvgIpc) is 2.71. The molecule has 28 heavy (non-hydrogen) atoms. The lowest BCUT2D eigenvalue weighted by molar-refractivity contribution is 0.251. The Balaban J connectivity index is 1.62. The van der Waals surface area contributed by atoms with Gasteiger partial charge in [0.1, 0.15) is 0 Å². The predicted octanol–water partition coefficient (Wildman–Crippen LogP) is 8.12. The molecular formula is C26H34F2. The van der Waals surface area contributed by atoms with Crippen LogP contribution in [0.5, 0.6) is 0 Å². The molecule has 0 unspecified atom stereocenters. The fourth-order valence-corrected chi connectivity index (χ4v) is 4.72. The van der Waals surface area contributed by atoms with E-state index in [1.54, 1.807) is 12.1 Å². The molecule has 0 heterocycles. The van der Waals surface area contributed by atoms with Crippen molar-refractivity contribution >= 4 is 0 Å². The van der Waals surface area contributed by atoms with E-state index in [2.05, 4.69) is 13.8 Å². The van der Waals surface area contributed by atoms with Crippen LogP contribution in [-0.2, 0) is 12.8 Å². The minimum Gasteiger partial charge on any atom is -0.203 e. The van der Waals surface area contributed by atoms with Gasteiger partial charge in [-0.25, -0.2) is 8.78 Å². The summed E-state index contributed by atoms with van der Waals surface area (Å²) in [7, 11) is 0. The average molecular weight is 385 g/mol. The quantitative estimate of drug-likeness (QED) is 0.431. The monoisotopic (exact) mass is 384 g/mol. The lowest BCUT2D eigenvalue weighted by atomic mass is 9.78. The van der Waals surface area contributed by atoms with Crippen molar-refractivity contribution in [2.75, 3.05) is 0 Å². The maximum Gasteiger partial charge on any atom is 0.166 e. The summed E-state index contributed by atoms with van der Waals surface area (Å²) in [4.78, 5) is 0. The van der Waals surface area contributed by atoms with E-state index in [9.17, 15) is 8.78 Å². The molecule has 0 aliphatic heterocycles. The van der Waals surface area contributed by atoms with E-state index in [1.807, 2.05) is 24.3 Å². The second kappa shape index (κ2) is 10.2. The molecule has 0 aromatic heterocycles. The zero-order valence-corrected chi connectivity index (χ0v) is 17.4. The Hall–Kier alpha value is -1.70. The summed E-state index contributed by atoms with van der Waals surface area (Å²) in [6.45, 7) is 4.39. The number of benzene rings is 2. The Morgan fingerprint density at radius 3 is 1.96 bits per heavy atom. The molecule has 0 saturated heterocycles. The topological polar surface area (TPSA) is 0 Å². The van der Waals surface area contributed by atoms with Crippen molar-refractivity contribution in [3.63, 3.8) is 0 Å². The molecule has 0 N–H and O–H groups in total. The Morgan fingerprint density at radius 1 is 0.714 bits per heavy atom. The Morgan fingerprint density at radius 2 is 1.36 bits per heavy atom. The fraction of sp³-hybridized carbons (Fsp3) is 0.538. The lowest BCUT2D eigenvalue weighted by Crippen LogP contribution is -2.15. The summed E-state index contributed by atoms with van der Waals surface area (Å²) >= 11 is 0. The van der Waals surface area contributed by atoms with Crippen LogP contribution in [0.15, 0.2) is 36.4 Å². The van der Waals surface area contributed by atoms with Crippen molar-refractivity contribution < 1.29 is 8.78 Å². The van der Waals surface area contributed by atoms with Crippen LogP contribution >= 0.6 is 0 Å². The lowest BCUT2D eigenvalue weighted by Gasteiger charge is -2.28. The van der Waals surface area contributed by atoms with Crippen LogP contribution in [0.3, 0.4) is 0 Å². The fourth-order valence-electron chi connectivity index (χ4n) is 4.72. The smallest absolute Gasteiger partial charge is 0.166 e. The number of halogens is 2. The molecule has 0 spiro atoms. The van der Waals surface area contributed by atoms with Crippen molar-refractivity contribution in [1.29, 1.82) is 0 Å². The van der Waals surface area contributed by atoms with E-state index in [-0.39, 0.29) is 0 Å². The SMILES string of the molecule is CCCc1ccc(-c2ccc(CC[C@H]3CC[C@H](CCC)CC3)c(F)c2F)cc1. The number of aryl methyl sites for hydroxylation is 2. The molecule has 2 aromatic carbocycles. The molecule has 1 fully saturated rings. The van der Waals surface area contributed by atoms with E-state index in [0.29, 0.717) is 23.5 Å². The minimum absolute atomic E-state index is 0.365. The zero-order valence-electron chi connectivity index (χ0n) is 17.4. The van der Waals surface area contributed by atoms with Crippen LogP contribution in [0, 0.1) is 23.5 Å². The van der Waals surface area contributed by atoms with Crippen LogP contribution in [0.25, 0.3) is 11.1 Å². The highest BCUT2D eigenvalue weighted by Crippen LogP contribution is 2.34. The van der Waals surface area contributed by atoms with Gasteiger partial charge in [0.2, 0.25) is 0 Å². The summed E-state index contributed by atoms with van der Waals surface area (Å²) in [5.74, 6) is 0.196. The zero-order chi connectivity index (χ0) is 19.9. The van der Waals surface area contributed by atoms with Gasteiger partial charge in [0.05, 0.1) is 0 Å². The van der Waals surface area contributed by atoms with E-state index in [0.717, 1.165) is 30.7 Å². The van der Waals surface area contributed by atoms with Gasteiger partial charge in [-0.2, -0.15) is 0 Å². The van der Waals surface area contributed by atoms with Gasteiger partial charge in [-0.15, -0.1) is 0 Å². The summed E-state index contributed by atoms with van der Waals surface area (Å²) in [6, 6.07) is 11.4. The first-order valence-electron chi connectivity index (χ1n) is 11.2. The second-order valence-corrected chi connectivity index (χ2v) is 8.56. The summed E-state index contributed by atoms with van der Waals surface area (Å²) in [5, 5.41) is 0. The molecule has 1 saturated carbocycles. The van der Waals surface area contributed by atoms with Crippen molar-refractivity contribution in [3.05, 3.63) is 59.2 Å². The van der Waals surface area contributed by atoms with E-state index in [4.69, 9.17) is 0 Å². The summed E-state index contributed by atoms with van der Waals surface area (Å²) in [5.41, 5.74) is 2.87. The Kier molecular flexibility index (Phi) is 7.65. The van der Waals surface area contributed by atoms with Crippen LogP contribution in [0.2, 0.25) is 0 Å². The van der Waals surface area contributed by atoms with Crippen LogP contribution in [0.4, 0.5) is 8.78 Å². The van der Waals surface area contributed by atoms with Crippen LogP contribution in [0.1, 0.15) is 76.3 Å². The molecule has 0 radical (unpaired) electrons. The maximum atomic E-state index is 14.7. The summed E-state index contributed by atoms with van der Waals surface area (Å²) in [6.07, 6.45) is 11.4. The van der Waals surface area contributed by atoms with Crippen molar-refractivity contribution in [3.8, 4) is 11.1 Å². The molecular weight excluding hydrogens is 350 g/mol. The predicted molar refractivity (Wildman–Crippen MR) is 114 cm³/mol. The van der Waals surface area contributed by atoms with Gasteiger partial charge in [0, 0.05) is 5.56 Å². The normalized spacial score (nSPS) is 19.7. The molecule has 0 amide bonds. The second-order valence-electron chi connectivity index (χ2n) is 8.56. The molecule has 3 rings (SSSR count). The third kappa shape index (κ3) is 5.21. The third-order valence-corrected chi connectivity index (χ3v) is 6.45. The molecule has 0 bridgehead atoms. The first kappa shape index (κ1) is 21.0. The van der Waals surface area contributed by atoms with E-state index < -0.39 is 11.6 Å². The molecule has 1 aliphatic carbocycles. The highest BCUT2D eigenvalue weighted by molar-refractivity contribution is 5.65. The van der Waals surface area contributed by atoms with Gasteiger partial charge in [0.25, 0.3) is 0 Å². The third-order valence-electron chi connectivity index (χ3n) is 6.45. The van der Waals surface area contributed by atoms with Gasteiger partial charge in [-0.3, -0.25) is 0 Å². The van der Waals surface area contributed by atoms with Crippen molar-refractivity contribution in [2.24, 2.45) is 11.8 Å². The van der Waals surface area contributed by atoms with Crippen LogP contribution < -0.4 is 0 Å². The van der Waals surface area contributed by atoms with Gasteiger partial charge in [-0.1, -0.05) is 95.2 Å². The molecule has 2 aromatic rings. The molecule has 152 valence electrons. The van der Waals surface area contributed by atoms with Gasteiger partial charge in [0.15, 0.2) is 11.6 Å². The molecule has 0 nitrogen and oxygen atoms in total. The highest BCUT2D eigenvalue weighted by Gasteiger charge is 2.21. The standard InChI is InChI=1S/C26H34F2/c1-3-5-19-7-9-21(10-8-19)13-16-23-17-18-24(26(28)25(23)27)22-14-11-20(6-4-2)12-15-22/h11-12,14-15,17-19,21H,3-10,13,16H2,1-2H3/t19-,21-. The minimum atomic E-state index is -0.701. The number of hydrogen-bond acceptors (Lipinski definition) is 0. The maximum absolute atomic E-state index is 14.7. The van der Waals surface area contributed by atoms with Gasteiger partial charge in [-0.05, 0) is 47.8 Å². The highest BCUT2D eigenvalue weighted by atomic mass is 19.2. The first-order chi connectivity index (χ1) is 13.6. The Labute approximate surface area is 169 Å². The number of hydrogen-bond donors (Lipinski definition) is 0. The molecule has 1 aliphatic rings.